The third-order valence-corrected chi connectivity index (χ3v) is 3.11. The topological polar surface area (TPSA) is 71.3 Å². The van der Waals surface area contributed by atoms with E-state index in [1.807, 2.05) is 0 Å². The molecule has 0 aliphatic heterocycles. The van der Waals surface area contributed by atoms with Crippen molar-refractivity contribution >= 4 is 17.3 Å². The summed E-state index contributed by atoms with van der Waals surface area (Å²) in [7, 11) is 1.72. The van der Waals surface area contributed by atoms with Crippen molar-refractivity contribution < 1.29 is 4.92 Å². The molecule has 6 heteroatoms. The molecular formula is C13H20N4O2. The van der Waals surface area contributed by atoms with Gasteiger partial charge >= 0.3 is 0 Å². The van der Waals surface area contributed by atoms with Crippen LogP contribution >= 0.6 is 0 Å². The number of nitrogens with zero attached hydrogens (tertiary/aromatic N) is 3. The summed E-state index contributed by atoms with van der Waals surface area (Å²) in [6.45, 7) is 5.17. The molecule has 0 unspecified atom stereocenters. The van der Waals surface area contributed by atoms with Crippen LogP contribution in [0.15, 0.2) is 12.1 Å². The van der Waals surface area contributed by atoms with Crippen molar-refractivity contribution in [3.63, 3.8) is 0 Å². The van der Waals surface area contributed by atoms with Gasteiger partial charge in [-0.15, -0.1) is 0 Å². The molecule has 1 aliphatic carbocycles. The average Bonchev–Trinajstić information content (AvgIpc) is 3.19. The first-order chi connectivity index (χ1) is 9.01. The molecule has 0 bridgehead atoms. The predicted octanol–water partition coefficient (Wildman–Crippen LogP) is 2.66. The predicted molar refractivity (Wildman–Crippen MR) is 75.6 cm³/mol. The first-order valence-corrected chi connectivity index (χ1v) is 6.62. The first-order valence-electron chi connectivity index (χ1n) is 6.62. The van der Waals surface area contributed by atoms with Crippen LogP contribution in [0.5, 0.6) is 0 Å². The van der Waals surface area contributed by atoms with Gasteiger partial charge in [-0.2, -0.15) is 0 Å². The monoisotopic (exact) mass is 264 g/mol. The Balaban J connectivity index is 2.34. The third kappa shape index (κ3) is 3.33. The number of aromatic nitrogens is 1. The standard InChI is InChI=1S/C13H20N4O2/c1-9(2)8-16(10-4-5-10)13-7-11(17(18)19)6-12(14-3)15-13/h6-7,9-10H,4-5,8H2,1-3H3,(H,14,15). The summed E-state index contributed by atoms with van der Waals surface area (Å²) in [4.78, 5) is 17.3. The van der Waals surface area contributed by atoms with E-state index in [0.717, 1.165) is 19.4 Å². The lowest BCUT2D eigenvalue weighted by Crippen LogP contribution is -2.30. The van der Waals surface area contributed by atoms with Gasteiger partial charge in [-0.05, 0) is 18.8 Å². The van der Waals surface area contributed by atoms with E-state index in [2.05, 4.69) is 29.0 Å². The third-order valence-electron chi connectivity index (χ3n) is 3.11. The van der Waals surface area contributed by atoms with Gasteiger partial charge in [-0.3, -0.25) is 10.1 Å². The van der Waals surface area contributed by atoms with E-state index in [0.29, 0.717) is 23.6 Å². The number of anilines is 2. The van der Waals surface area contributed by atoms with Crippen molar-refractivity contribution in [1.29, 1.82) is 0 Å². The highest BCUT2D eigenvalue weighted by Gasteiger charge is 2.31. The molecule has 1 heterocycles. The molecule has 2 rings (SSSR count). The number of pyridine rings is 1. The fourth-order valence-electron chi connectivity index (χ4n) is 2.09. The minimum atomic E-state index is -0.369. The molecule has 0 saturated heterocycles. The number of hydrogen-bond acceptors (Lipinski definition) is 5. The normalized spacial score (nSPS) is 14.5. The maximum atomic E-state index is 11.0. The molecule has 1 aliphatic rings. The van der Waals surface area contributed by atoms with Crippen molar-refractivity contribution in [2.24, 2.45) is 5.92 Å². The minimum absolute atomic E-state index is 0.0868. The molecule has 104 valence electrons. The minimum Gasteiger partial charge on any atom is -0.373 e. The van der Waals surface area contributed by atoms with E-state index in [-0.39, 0.29) is 10.6 Å². The summed E-state index contributed by atoms with van der Waals surface area (Å²) < 4.78 is 0. The van der Waals surface area contributed by atoms with E-state index in [1.54, 1.807) is 13.1 Å². The zero-order chi connectivity index (χ0) is 14.0. The second kappa shape index (κ2) is 5.42. The Morgan fingerprint density at radius 1 is 1.53 bits per heavy atom. The van der Waals surface area contributed by atoms with Gasteiger partial charge in [0.1, 0.15) is 11.6 Å². The van der Waals surface area contributed by atoms with Gasteiger partial charge < -0.3 is 10.2 Å². The van der Waals surface area contributed by atoms with Crippen LogP contribution < -0.4 is 10.2 Å². The van der Waals surface area contributed by atoms with Crippen LogP contribution in [-0.2, 0) is 0 Å². The summed E-state index contributed by atoms with van der Waals surface area (Å²) in [5.41, 5.74) is 0.0868. The Bertz CT molecular complexity index is 472. The van der Waals surface area contributed by atoms with Crippen LogP contribution in [0.4, 0.5) is 17.3 Å². The van der Waals surface area contributed by atoms with E-state index >= 15 is 0 Å². The van der Waals surface area contributed by atoms with Crippen molar-refractivity contribution in [3.05, 3.63) is 22.2 Å². The van der Waals surface area contributed by atoms with Crippen molar-refractivity contribution in [2.45, 2.75) is 32.7 Å². The quantitative estimate of drug-likeness (QED) is 0.631. The molecule has 0 radical (unpaired) electrons. The number of hydrogen-bond donors (Lipinski definition) is 1. The Hall–Kier alpha value is -1.85. The molecule has 0 atom stereocenters. The fourth-order valence-corrected chi connectivity index (χ4v) is 2.09. The molecule has 1 saturated carbocycles. The summed E-state index contributed by atoms with van der Waals surface area (Å²) >= 11 is 0. The van der Waals surface area contributed by atoms with Crippen molar-refractivity contribution in [2.75, 3.05) is 23.8 Å². The second-order valence-corrected chi connectivity index (χ2v) is 5.35. The Labute approximate surface area is 113 Å². The fraction of sp³-hybridized carbons (Fsp3) is 0.615. The van der Waals surface area contributed by atoms with Gasteiger partial charge in [0.05, 0.1) is 17.1 Å². The van der Waals surface area contributed by atoms with E-state index in [4.69, 9.17) is 0 Å². The lowest BCUT2D eigenvalue weighted by atomic mass is 10.2. The maximum absolute atomic E-state index is 11.0. The molecule has 1 aromatic heterocycles. The number of nitro groups is 1. The highest BCUT2D eigenvalue weighted by molar-refractivity contribution is 5.56. The van der Waals surface area contributed by atoms with Gasteiger partial charge in [-0.1, -0.05) is 13.8 Å². The largest absolute Gasteiger partial charge is 0.373 e. The zero-order valence-electron chi connectivity index (χ0n) is 11.6. The van der Waals surface area contributed by atoms with Crippen LogP contribution in [-0.4, -0.2) is 29.5 Å². The summed E-state index contributed by atoms with van der Waals surface area (Å²) in [5.74, 6) is 1.74. The first kappa shape index (κ1) is 13.6. The van der Waals surface area contributed by atoms with Crippen LogP contribution in [0.25, 0.3) is 0 Å². The molecular weight excluding hydrogens is 244 g/mol. The summed E-state index contributed by atoms with van der Waals surface area (Å²) in [6.07, 6.45) is 2.29. The zero-order valence-corrected chi connectivity index (χ0v) is 11.6. The molecule has 1 fully saturated rings. The Morgan fingerprint density at radius 3 is 2.68 bits per heavy atom. The molecule has 1 aromatic rings. The highest BCUT2D eigenvalue weighted by atomic mass is 16.6. The highest BCUT2D eigenvalue weighted by Crippen LogP contribution is 2.33. The van der Waals surface area contributed by atoms with Gasteiger partial charge in [0.15, 0.2) is 0 Å². The van der Waals surface area contributed by atoms with E-state index in [1.165, 1.54) is 6.07 Å². The molecule has 1 N–H and O–H groups in total. The molecule has 19 heavy (non-hydrogen) atoms. The molecule has 0 amide bonds. The Kier molecular flexibility index (Phi) is 3.87. The average molecular weight is 264 g/mol. The lowest BCUT2D eigenvalue weighted by molar-refractivity contribution is -0.384. The van der Waals surface area contributed by atoms with E-state index in [9.17, 15) is 10.1 Å². The van der Waals surface area contributed by atoms with Crippen molar-refractivity contribution in [3.8, 4) is 0 Å². The molecule has 0 spiro atoms. The number of rotatable bonds is 6. The second-order valence-electron chi connectivity index (χ2n) is 5.35. The lowest BCUT2D eigenvalue weighted by Gasteiger charge is -2.25. The maximum Gasteiger partial charge on any atom is 0.276 e. The van der Waals surface area contributed by atoms with Crippen LogP contribution in [0.1, 0.15) is 26.7 Å². The summed E-state index contributed by atoms with van der Waals surface area (Å²) in [5, 5.41) is 13.9. The molecule has 0 aromatic carbocycles. The van der Waals surface area contributed by atoms with Gasteiger partial charge in [0, 0.05) is 19.6 Å². The number of nitrogens with one attached hydrogen (secondary N) is 1. The van der Waals surface area contributed by atoms with Crippen LogP contribution in [0.2, 0.25) is 0 Å². The molecule has 6 nitrogen and oxygen atoms in total. The van der Waals surface area contributed by atoms with Gasteiger partial charge in [0.25, 0.3) is 5.69 Å². The Morgan fingerprint density at radius 2 is 2.21 bits per heavy atom. The van der Waals surface area contributed by atoms with Crippen LogP contribution in [0, 0.1) is 16.0 Å². The van der Waals surface area contributed by atoms with E-state index < -0.39 is 0 Å². The van der Waals surface area contributed by atoms with Crippen molar-refractivity contribution in [1.82, 2.24) is 4.98 Å². The smallest absolute Gasteiger partial charge is 0.276 e. The van der Waals surface area contributed by atoms with Gasteiger partial charge in [0.2, 0.25) is 0 Å². The SMILES string of the molecule is CNc1cc([N+](=O)[O-])cc(N(CC(C)C)C2CC2)n1. The van der Waals surface area contributed by atoms with Crippen LogP contribution in [0.3, 0.4) is 0 Å². The summed E-state index contributed by atoms with van der Waals surface area (Å²) in [6, 6.07) is 3.52. The van der Waals surface area contributed by atoms with Gasteiger partial charge in [-0.25, -0.2) is 4.98 Å².